The van der Waals surface area contributed by atoms with E-state index < -0.39 is 0 Å². The van der Waals surface area contributed by atoms with E-state index >= 15 is 0 Å². The van der Waals surface area contributed by atoms with Gasteiger partial charge in [0.05, 0.1) is 11.0 Å². The molecule has 4 aromatic carbocycles. The maximum absolute atomic E-state index is 4.65. The summed E-state index contributed by atoms with van der Waals surface area (Å²) in [5.74, 6) is 0.895. The van der Waals surface area contributed by atoms with Crippen LogP contribution in [-0.2, 0) is 5.41 Å². The summed E-state index contributed by atoms with van der Waals surface area (Å²) >= 11 is 0. The second kappa shape index (κ2) is 6.04. The fraction of sp³-hybridized carbons (Fsp3) is 0.103. The maximum Gasteiger partial charge on any atom is 0.140 e. The average Bonchev–Trinajstić information content (AvgIpc) is 3.29. The van der Waals surface area contributed by atoms with Crippen LogP contribution in [0.25, 0.3) is 49.5 Å². The molecule has 0 atom stereocenters. The highest BCUT2D eigenvalue weighted by molar-refractivity contribution is 6.18. The molecule has 2 heterocycles. The molecular weight excluding hydrogens is 390 g/mol. The molecule has 152 valence electrons. The average molecular weight is 412 g/mol. The van der Waals surface area contributed by atoms with Crippen LogP contribution in [0, 0.1) is 0 Å². The third-order valence-corrected chi connectivity index (χ3v) is 7.16. The summed E-state index contributed by atoms with van der Waals surface area (Å²) in [5.41, 5.74) is 7.76. The van der Waals surface area contributed by atoms with Gasteiger partial charge in [-0.3, -0.25) is 4.57 Å². The van der Waals surface area contributed by atoms with Crippen molar-refractivity contribution in [2.45, 2.75) is 19.3 Å². The first-order valence-corrected chi connectivity index (χ1v) is 11.0. The summed E-state index contributed by atoms with van der Waals surface area (Å²) in [6.07, 6.45) is 3.45. The number of benzene rings is 4. The van der Waals surface area contributed by atoms with Crippen molar-refractivity contribution < 1.29 is 0 Å². The Morgan fingerprint density at radius 3 is 2.28 bits per heavy atom. The van der Waals surface area contributed by atoms with E-state index in [1.807, 2.05) is 12.3 Å². The van der Waals surface area contributed by atoms with Gasteiger partial charge in [0.15, 0.2) is 0 Å². The lowest BCUT2D eigenvalue weighted by Crippen LogP contribution is -2.14. The number of aromatic nitrogens is 3. The summed E-state index contributed by atoms with van der Waals surface area (Å²) < 4.78 is 2.32. The molecule has 7 rings (SSSR count). The standard InChI is InChI=1S/C29H21N3/c1-29(2)22-13-11-18-7-3-4-8-19(18)26(22)27-23(29)14-12-21-20-9-5-6-10-24(20)32(28(21)27)25-15-16-30-17-31-25/h3-17H,1-2H3. The largest absolute Gasteiger partial charge is 0.293 e. The van der Waals surface area contributed by atoms with Crippen molar-refractivity contribution in [2.24, 2.45) is 0 Å². The highest BCUT2D eigenvalue weighted by atomic mass is 15.1. The molecule has 32 heavy (non-hydrogen) atoms. The predicted octanol–water partition coefficient (Wildman–Crippen LogP) is 7.03. The number of para-hydroxylation sites is 1. The third kappa shape index (κ3) is 2.10. The van der Waals surface area contributed by atoms with Crippen molar-refractivity contribution in [2.75, 3.05) is 0 Å². The van der Waals surface area contributed by atoms with Crippen molar-refractivity contribution in [1.29, 1.82) is 0 Å². The molecule has 0 saturated carbocycles. The molecule has 0 unspecified atom stereocenters. The van der Waals surface area contributed by atoms with Crippen molar-refractivity contribution in [1.82, 2.24) is 14.5 Å². The molecule has 0 fully saturated rings. The van der Waals surface area contributed by atoms with Gasteiger partial charge in [-0.1, -0.05) is 80.6 Å². The van der Waals surface area contributed by atoms with Gasteiger partial charge in [0.1, 0.15) is 12.1 Å². The minimum absolute atomic E-state index is 0.0736. The second-order valence-electron chi connectivity index (χ2n) is 9.14. The van der Waals surface area contributed by atoms with Gasteiger partial charge in [-0.05, 0) is 39.6 Å². The van der Waals surface area contributed by atoms with Crippen LogP contribution in [0.1, 0.15) is 25.0 Å². The maximum atomic E-state index is 4.65. The molecule has 1 aliphatic carbocycles. The molecule has 2 aromatic heterocycles. The van der Waals surface area contributed by atoms with Crippen molar-refractivity contribution in [3.63, 3.8) is 0 Å². The van der Waals surface area contributed by atoms with Crippen molar-refractivity contribution in [3.8, 4) is 16.9 Å². The smallest absolute Gasteiger partial charge is 0.140 e. The predicted molar refractivity (Wildman–Crippen MR) is 131 cm³/mol. The van der Waals surface area contributed by atoms with E-state index in [2.05, 4.69) is 101 Å². The fourth-order valence-corrected chi connectivity index (χ4v) is 5.69. The van der Waals surface area contributed by atoms with E-state index in [1.54, 1.807) is 6.33 Å². The van der Waals surface area contributed by atoms with Gasteiger partial charge in [0.2, 0.25) is 0 Å². The summed E-state index contributed by atoms with van der Waals surface area (Å²) in [4.78, 5) is 8.82. The first-order valence-electron chi connectivity index (χ1n) is 11.0. The van der Waals surface area contributed by atoms with Crippen LogP contribution in [0.5, 0.6) is 0 Å². The van der Waals surface area contributed by atoms with Gasteiger partial charge >= 0.3 is 0 Å². The SMILES string of the molecule is CC1(C)c2ccc3ccccc3c2-c2c1ccc1c3ccccc3n(-c3ccncn3)c21. The lowest BCUT2D eigenvalue weighted by molar-refractivity contribution is 0.661. The minimum atomic E-state index is -0.0736. The van der Waals surface area contributed by atoms with Gasteiger partial charge in [-0.25, -0.2) is 9.97 Å². The van der Waals surface area contributed by atoms with Crippen LogP contribution >= 0.6 is 0 Å². The first kappa shape index (κ1) is 17.7. The molecular formula is C29H21N3. The summed E-state index contributed by atoms with van der Waals surface area (Å²) in [7, 11) is 0. The van der Waals surface area contributed by atoms with Gasteiger partial charge in [-0.2, -0.15) is 0 Å². The van der Waals surface area contributed by atoms with E-state index in [1.165, 1.54) is 54.8 Å². The Balaban J connectivity index is 1.77. The molecule has 0 radical (unpaired) electrons. The van der Waals surface area contributed by atoms with Crippen LogP contribution in [0.4, 0.5) is 0 Å². The van der Waals surface area contributed by atoms with E-state index in [-0.39, 0.29) is 5.41 Å². The topological polar surface area (TPSA) is 30.7 Å². The van der Waals surface area contributed by atoms with E-state index in [0.717, 1.165) is 5.82 Å². The zero-order valence-corrected chi connectivity index (χ0v) is 18.0. The van der Waals surface area contributed by atoms with Gasteiger partial charge in [0, 0.05) is 27.9 Å². The summed E-state index contributed by atoms with van der Waals surface area (Å²) in [6, 6.07) is 28.6. The monoisotopic (exact) mass is 411 g/mol. The number of rotatable bonds is 1. The normalized spacial score (nSPS) is 14.2. The van der Waals surface area contributed by atoms with E-state index in [0.29, 0.717) is 0 Å². The zero-order chi connectivity index (χ0) is 21.4. The highest BCUT2D eigenvalue weighted by Crippen LogP contribution is 2.54. The number of hydrogen-bond acceptors (Lipinski definition) is 2. The van der Waals surface area contributed by atoms with Gasteiger partial charge in [0.25, 0.3) is 0 Å². The van der Waals surface area contributed by atoms with Crippen LogP contribution in [0.2, 0.25) is 0 Å². The van der Waals surface area contributed by atoms with E-state index in [4.69, 9.17) is 0 Å². The quantitative estimate of drug-likeness (QED) is 0.291. The van der Waals surface area contributed by atoms with Crippen molar-refractivity contribution >= 4 is 32.6 Å². The van der Waals surface area contributed by atoms with Crippen molar-refractivity contribution in [3.05, 3.63) is 103 Å². The fourth-order valence-electron chi connectivity index (χ4n) is 5.69. The van der Waals surface area contributed by atoms with Crippen LogP contribution in [-0.4, -0.2) is 14.5 Å². The lowest BCUT2D eigenvalue weighted by Gasteiger charge is -2.21. The second-order valence-corrected chi connectivity index (χ2v) is 9.14. The summed E-state index contributed by atoms with van der Waals surface area (Å²) in [6.45, 7) is 4.69. The number of hydrogen-bond donors (Lipinski definition) is 0. The molecule has 0 amide bonds. The molecule has 3 heteroatoms. The van der Waals surface area contributed by atoms with Crippen LogP contribution in [0.3, 0.4) is 0 Å². The molecule has 0 N–H and O–H groups in total. The molecule has 0 saturated heterocycles. The Morgan fingerprint density at radius 2 is 1.44 bits per heavy atom. The van der Waals surface area contributed by atoms with Crippen LogP contribution < -0.4 is 0 Å². The number of nitrogens with zero attached hydrogens (tertiary/aromatic N) is 3. The summed E-state index contributed by atoms with van der Waals surface area (Å²) in [5, 5.41) is 5.09. The highest BCUT2D eigenvalue weighted by Gasteiger charge is 2.38. The van der Waals surface area contributed by atoms with Gasteiger partial charge < -0.3 is 0 Å². The molecule has 0 bridgehead atoms. The lowest BCUT2D eigenvalue weighted by atomic mass is 9.82. The zero-order valence-electron chi connectivity index (χ0n) is 18.0. The Labute approximate surface area is 186 Å². The molecule has 0 aliphatic heterocycles. The Kier molecular flexibility index (Phi) is 3.34. The Hall–Kier alpha value is -3.98. The third-order valence-electron chi connectivity index (χ3n) is 7.16. The molecule has 0 spiro atoms. The van der Waals surface area contributed by atoms with Crippen LogP contribution in [0.15, 0.2) is 91.4 Å². The first-order chi connectivity index (χ1) is 15.7. The Morgan fingerprint density at radius 1 is 0.688 bits per heavy atom. The minimum Gasteiger partial charge on any atom is -0.293 e. The number of fused-ring (bicyclic) bond motifs is 9. The molecule has 6 aromatic rings. The van der Waals surface area contributed by atoms with E-state index in [9.17, 15) is 0 Å². The molecule has 3 nitrogen and oxygen atoms in total. The Bertz CT molecular complexity index is 1690. The molecule has 1 aliphatic rings. The van der Waals surface area contributed by atoms with Gasteiger partial charge in [-0.15, -0.1) is 0 Å².